The number of thiocarbonyl (C=S) groups is 1. The maximum Gasteiger partial charge on any atom is 0.257 e. The Kier molecular flexibility index (Phi) is 4.19. The van der Waals surface area contributed by atoms with Gasteiger partial charge in [0.15, 0.2) is 0 Å². The lowest BCUT2D eigenvalue weighted by Crippen LogP contribution is -2.43. The molecule has 1 aromatic rings. The SMILES string of the molecule is CCc1nn(C)cc1C(=O)N1CCCC(C(N)=S)C1. The van der Waals surface area contributed by atoms with E-state index in [4.69, 9.17) is 18.0 Å². The second kappa shape index (κ2) is 5.69. The summed E-state index contributed by atoms with van der Waals surface area (Å²) in [7, 11) is 1.84. The second-order valence-electron chi connectivity index (χ2n) is 5.01. The molecule has 0 aromatic carbocycles. The molecule has 1 aliphatic heterocycles. The lowest BCUT2D eigenvalue weighted by molar-refractivity contribution is 0.0702. The molecular formula is C13H20N4OS. The highest BCUT2D eigenvalue weighted by molar-refractivity contribution is 7.80. The van der Waals surface area contributed by atoms with E-state index in [-0.39, 0.29) is 11.8 Å². The quantitative estimate of drug-likeness (QED) is 0.843. The number of amides is 1. The Hall–Kier alpha value is -1.43. The minimum Gasteiger partial charge on any atom is -0.393 e. The van der Waals surface area contributed by atoms with Gasteiger partial charge in [0.05, 0.1) is 16.2 Å². The van der Waals surface area contributed by atoms with Gasteiger partial charge in [0, 0.05) is 32.3 Å². The van der Waals surface area contributed by atoms with Gasteiger partial charge >= 0.3 is 0 Å². The molecule has 5 nitrogen and oxygen atoms in total. The number of carbonyl (C=O) groups excluding carboxylic acids is 1. The number of piperidine rings is 1. The number of likely N-dealkylation sites (tertiary alicyclic amines) is 1. The van der Waals surface area contributed by atoms with Crippen LogP contribution < -0.4 is 5.73 Å². The molecule has 0 bridgehead atoms. The van der Waals surface area contributed by atoms with Crippen LogP contribution in [0.2, 0.25) is 0 Å². The molecule has 19 heavy (non-hydrogen) atoms. The van der Waals surface area contributed by atoms with Crippen LogP contribution in [-0.4, -0.2) is 38.7 Å². The zero-order valence-electron chi connectivity index (χ0n) is 11.4. The van der Waals surface area contributed by atoms with E-state index >= 15 is 0 Å². The Balaban J connectivity index is 2.16. The molecular weight excluding hydrogens is 260 g/mol. The van der Waals surface area contributed by atoms with Gasteiger partial charge < -0.3 is 10.6 Å². The number of nitrogens with zero attached hydrogens (tertiary/aromatic N) is 3. The molecule has 1 aromatic heterocycles. The molecule has 1 saturated heterocycles. The highest BCUT2D eigenvalue weighted by Crippen LogP contribution is 2.20. The normalized spacial score (nSPS) is 19.5. The van der Waals surface area contributed by atoms with Gasteiger partial charge in [0.1, 0.15) is 0 Å². The summed E-state index contributed by atoms with van der Waals surface area (Å²) >= 11 is 5.05. The number of rotatable bonds is 3. The number of aromatic nitrogens is 2. The van der Waals surface area contributed by atoms with E-state index in [0.29, 0.717) is 17.1 Å². The Labute approximate surface area is 118 Å². The molecule has 1 amide bonds. The molecule has 0 saturated carbocycles. The number of nitrogens with two attached hydrogens (primary N) is 1. The summed E-state index contributed by atoms with van der Waals surface area (Å²) in [4.78, 5) is 14.9. The highest BCUT2D eigenvalue weighted by Gasteiger charge is 2.27. The first-order valence-corrected chi connectivity index (χ1v) is 7.04. The topological polar surface area (TPSA) is 64.2 Å². The standard InChI is InChI=1S/C13H20N4OS/c1-3-11-10(8-16(2)15-11)13(18)17-6-4-5-9(7-17)12(14)19/h8-9H,3-7H2,1-2H3,(H2,14,19). The van der Waals surface area contributed by atoms with Crippen LogP contribution in [0.15, 0.2) is 6.20 Å². The van der Waals surface area contributed by atoms with Crippen molar-refractivity contribution in [2.75, 3.05) is 13.1 Å². The summed E-state index contributed by atoms with van der Waals surface area (Å²) in [5.41, 5.74) is 7.26. The fourth-order valence-electron chi connectivity index (χ4n) is 2.54. The van der Waals surface area contributed by atoms with Crippen LogP contribution in [0.4, 0.5) is 0 Å². The van der Waals surface area contributed by atoms with E-state index in [0.717, 1.165) is 31.5 Å². The average Bonchev–Trinajstić information content (AvgIpc) is 2.79. The van der Waals surface area contributed by atoms with Gasteiger partial charge in [0.2, 0.25) is 0 Å². The monoisotopic (exact) mass is 280 g/mol. The first-order valence-electron chi connectivity index (χ1n) is 6.64. The first kappa shape index (κ1) is 14.0. The lowest BCUT2D eigenvalue weighted by Gasteiger charge is -2.32. The fourth-order valence-corrected chi connectivity index (χ4v) is 2.73. The third kappa shape index (κ3) is 2.94. The third-order valence-corrected chi connectivity index (χ3v) is 3.91. The minimum atomic E-state index is 0.0471. The van der Waals surface area contributed by atoms with Crippen molar-refractivity contribution in [3.8, 4) is 0 Å². The Morgan fingerprint density at radius 1 is 1.63 bits per heavy atom. The highest BCUT2D eigenvalue weighted by atomic mass is 32.1. The van der Waals surface area contributed by atoms with Gasteiger partial charge in [-0.3, -0.25) is 9.48 Å². The predicted octanol–water partition coefficient (Wildman–Crippen LogP) is 1.12. The maximum absolute atomic E-state index is 12.5. The Bertz CT molecular complexity index is 497. The van der Waals surface area contributed by atoms with Gasteiger partial charge in [0.25, 0.3) is 5.91 Å². The first-order chi connectivity index (χ1) is 9.02. The minimum absolute atomic E-state index is 0.0471. The van der Waals surface area contributed by atoms with Gasteiger partial charge in [-0.1, -0.05) is 19.1 Å². The zero-order chi connectivity index (χ0) is 14.0. The van der Waals surface area contributed by atoms with Crippen molar-refractivity contribution in [1.29, 1.82) is 0 Å². The number of hydrogen-bond donors (Lipinski definition) is 1. The van der Waals surface area contributed by atoms with E-state index in [1.54, 1.807) is 10.9 Å². The van der Waals surface area contributed by atoms with Crippen LogP contribution in [0.1, 0.15) is 35.8 Å². The van der Waals surface area contributed by atoms with Gasteiger partial charge in [-0.25, -0.2) is 0 Å². The van der Waals surface area contributed by atoms with Crippen molar-refractivity contribution in [3.05, 3.63) is 17.5 Å². The predicted molar refractivity (Wildman–Crippen MR) is 78.0 cm³/mol. The Morgan fingerprint density at radius 3 is 3.00 bits per heavy atom. The van der Waals surface area contributed by atoms with E-state index in [1.807, 2.05) is 18.9 Å². The van der Waals surface area contributed by atoms with Gasteiger partial charge in [-0.15, -0.1) is 0 Å². The number of hydrogen-bond acceptors (Lipinski definition) is 3. The van der Waals surface area contributed by atoms with Crippen molar-refractivity contribution in [2.45, 2.75) is 26.2 Å². The van der Waals surface area contributed by atoms with E-state index in [9.17, 15) is 4.79 Å². The summed E-state index contributed by atoms with van der Waals surface area (Å²) in [6, 6.07) is 0. The van der Waals surface area contributed by atoms with Crippen LogP contribution in [0.3, 0.4) is 0 Å². The number of carbonyl (C=O) groups is 1. The summed E-state index contributed by atoms with van der Waals surface area (Å²) in [5, 5.41) is 4.32. The summed E-state index contributed by atoms with van der Waals surface area (Å²) in [5.74, 6) is 0.195. The van der Waals surface area contributed by atoms with Crippen molar-refractivity contribution in [2.24, 2.45) is 18.7 Å². The molecule has 2 heterocycles. The van der Waals surface area contributed by atoms with Crippen LogP contribution in [0.25, 0.3) is 0 Å². The molecule has 0 spiro atoms. The molecule has 0 aliphatic carbocycles. The smallest absolute Gasteiger partial charge is 0.257 e. The van der Waals surface area contributed by atoms with Crippen molar-refractivity contribution in [1.82, 2.24) is 14.7 Å². The molecule has 1 fully saturated rings. The number of aryl methyl sites for hydroxylation is 2. The van der Waals surface area contributed by atoms with Crippen molar-refractivity contribution in [3.63, 3.8) is 0 Å². The molecule has 1 unspecified atom stereocenters. The maximum atomic E-state index is 12.5. The van der Waals surface area contributed by atoms with Gasteiger partial charge in [-0.2, -0.15) is 5.10 Å². The third-order valence-electron chi connectivity index (χ3n) is 3.58. The molecule has 104 valence electrons. The van der Waals surface area contributed by atoms with E-state index in [2.05, 4.69) is 5.10 Å². The van der Waals surface area contributed by atoms with Crippen molar-refractivity contribution < 1.29 is 4.79 Å². The summed E-state index contributed by atoms with van der Waals surface area (Å²) in [6.07, 6.45) is 4.49. The molecule has 1 aliphatic rings. The average molecular weight is 280 g/mol. The van der Waals surface area contributed by atoms with Crippen LogP contribution >= 0.6 is 12.2 Å². The van der Waals surface area contributed by atoms with Crippen molar-refractivity contribution >= 4 is 23.1 Å². The van der Waals surface area contributed by atoms with E-state index in [1.165, 1.54) is 0 Å². The molecule has 2 N–H and O–H groups in total. The lowest BCUT2D eigenvalue weighted by atomic mass is 9.97. The van der Waals surface area contributed by atoms with E-state index < -0.39 is 0 Å². The van der Waals surface area contributed by atoms with Crippen LogP contribution in [-0.2, 0) is 13.5 Å². The summed E-state index contributed by atoms with van der Waals surface area (Å²) in [6.45, 7) is 3.41. The van der Waals surface area contributed by atoms with Gasteiger partial charge in [-0.05, 0) is 19.3 Å². The van der Waals surface area contributed by atoms with Crippen LogP contribution in [0.5, 0.6) is 0 Å². The van der Waals surface area contributed by atoms with Crippen LogP contribution in [0, 0.1) is 5.92 Å². The fraction of sp³-hybridized carbons (Fsp3) is 0.615. The Morgan fingerprint density at radius 2 is 2.37 bits per heavy atom. The summed E-state index contributed by atoms with van der Waals surface area (Å²) < 4.78 is 1.70. The largest absolute Gasteiger partial charge is 0.393 e. The molecule has 0 radical (unpaired) electrons. The second-order valence-corrected chi connectivity index (χ2v) is 5.48. The molecule has 1 atom stereocenters. The molecule has 2 rings (SSSR count). The molecule has 6 heteroatoms. The zero-order valence-corrected chi connectivity index (χ0v) is 12.2.